The Morgan fingerprint density at radius 2 is 2.10 bits per heavy atom. The molecule has 3 aromatic rings. The number of hydrogen-bond acceptors (Lipinski definition) is 3. The Balaban J connectivity index is 1.56. The maximum absolute atomic E-state index is 13.0. The van der Waals surface area contributed by atoms with Gasteiger partial charge in [-0.05, 0) is 60.9 Å². The third-order valence-electron chi connectivity index (χ3n) is 6.22. The molecule has 0 spiro atoms. The minimum Gasteiger partial charge on any atom is -0.352 e. The fourth-order valence-electron chi connectivity index (χ4n) is 4.69. The van der Waals surface area contributed by atoms with Crippen LogP contribution >= 0.6 is 0 Å². The number of aromatic nitrogens is 2. The van der Waals surface area contributed by atoms with Crippen molar-refractivity contribution in [3.8, 4) is 0 Å². The lowest BCUT2D eigenvalue weighted by atomic mass is 9.94. The average molecular weight is 403 g/mol. The Hall–Kier alpha value is -2.66. The average Bonchev–Trinajstić information content (AvgIpc) is 3.50. The molecule has 5 rings (SSSR count). The van der Waals surface area contributed by atoms with E-state index in [0.29, 0.717) is 12.0 Å². The second kappa shape index (κ2) is 7.88. The topological polar surface area (TPSA) is 59.0 Å². The first-order valence-electron chi connectivity index (χ1n) is 11.2. The summed E-state index contributed by atoms with van der Waals surface area (Å²) in [6, 6.07) is 13.0. The fraction of sp³-hybridized carbons (Fsp3) is 0.440. The van der Waals surface area contributed by atoms with Gasteiger partial charge in [0.15, 0.2) is 0 Å². The predicted octanol–water partition coefficient (Wildman–Crippen LogP) is 3.96. The van der Waals surface area contributed by atoms with E-state index in [4.69, 9.17) is 0 Å². The molecule has 156 valence electrons. The smallest absolute Gasteiger partial charge is 0.237 e. The number of carbonyl (C=O) groups excluding carboxylic acids is 1. The summed E-state index contributed by atoms with van der Waals surface area (Å²) >= 11 is 0. The van der Waals surface area contributed by atoms with Crippen molar-refractivity contribution >= 4 is 16.8 Å². The van der Waals surface area contributed by atoms with Gasteiger partial charge in [-0.3, -0.25) is 15.1 Å². The van der Waals surface area contributed by atoms with E-state index in [1.165, 1.54) is 22.0 Å². The van der Waals surface area contributed by atoms with Gasteiger partial charge in [0.2, 0.25) is 5.91 Å². The summed E-state index contributed by atoms with van der Waals surface area (Å²) in [5, 5.41) is 8.23. The zero-order valence-electron chi connectivity index (χ0n) is 17.8. The molecule has 2 aromatic heterocycles. The number of pyridine rings is 1. The molecule has 1 amide bonds. The number of hydrogen-bond donors (Lipinski definition) is 2. The number of nitrogens with one attached hydrogen (secondary N) is 2. The van der Waals surface area contributed by atoms with Gasteiger partial charge >= 0.3 is 0 Å². The summed E-state index contributed by atoms with van der Waals surface area (Å²) in [6.45, 7) is 5.24. The normalized spacial score (nSPS) is 21.0. The Morgan fingerprint density at radius 1 is 1.23 bits per heavy atom. The van der Waals surface area contributed by atoms with Crippen LogP contribution in [0.2, 0.25) is 0 Å². The molecule has 2 atom stereocenters. The molecule has 1 fully saturated rings. The molecule has 1 aliphatic carbocycles. The van der Waals surface area contributed by atoms with Gasteiger partial charge in [0.25, 0.3) is 0 Å². The first-order chi connectivity index (χ1) is 14.6. The zero-order valence-corrected chi connectivity index (χ0v) is 17.8. The Kier molecular flexibility index (Phi) is 5.07. The number of benzene rings is 1. The van der Waals surface area contributed by atoms with Gasteiger partial charge in [0.1, 0.15) is 0 Å². The van der Waals surface area contributed by atoms with E-state index in [-0.39, 0.29) is 18.0 Å². The lowest BCUT2D eigenvalue weighted by molar-refractivity contribution is -0.123. The minimum atomic E-state index is -0.198. The van der Waals surface area contributed by atoms with E-state index < -0.39 is 0 Å². The molecule has 5 nitrogen and oxygen atoms in total. The Bertz CT molecular complexity index is 1050. The van der Waals surface area contributed by atoms with Crippen molar-refractivity contribution in [3.05, 3.63) is 65.6 Å². The molecule has 0 bridgehead atoms. The van der Waals surface area contributed by atoms with Crippen LogP contribution in [0, 0.1) is 5.92 Å². The third-order valence-corrected chi connectivity index (χ3v) is 6.22. The van der Waals surface area contributed by atoms with Crippen LogP contribution in [0.4, 0.5) is 0 Å². The van der Waals surface area contributed by atoms with Crippen molar-refractivity contribution < 1.29 is 4.79 Å². The number of nitrogens with zero attached hydrogens (tertiary/aromatic N) is 2. The zero-order chi connectivity index (χ0) is 20.7. The fourth-order valence-corrected chi connectivity index (χ4v) is 4.69. The lowest BCUT2D eigenvalue weighted by Crippen LogP contribution is -2.47. The maximum atomic E-state index is 13.0. The van der Waals surface area contributed by atoms with Crippen molar-refractivity contribution in [2.45, 2.75) is 64.2 Å². The quantitative estimate of drug-likeness (QED) is 0.656. The second-order valence-electron chi connectivity index (χ2n) is 9.23. The van der Waals surface area contributed by atoms with Crippen molar-refractivity contribution in [1.82, 2.24) is 20.2 Å². The standard InChI is InChI=1S/C25H30N4O/c1-16(2)12-21-20-7-5-8-23-24(20)17(13-22(28-21)25(30)27-18-9-10-18)14-29(23)15-19-6-3-4-11-26-19/h3-8,11,14,16,18,21-22,28H,9-10,12-13,15H2,1-2H3,(H,27,30). The van der Waals surface area contributed by atoms with Gasteiger partial charge in [0, 0.05) is 35.4 Å². The van der Waals surface area contributed by atoms with Gasteiger partial charge in [0.05, 0.1) is 18.3 Å². The predicted molar refractivity (Wildman–Crippen MR) is 119 cm³/mol. The van der Waals surface area contributed by atoms with Crippen LogP contribution in [0.25, 0.3) is 10.9 Å². The Labute approximate surface area is 177 Å². The highest BCUT2D eigenvalue weighted by molar-refractivity contribution is 5.90. The van der Waals surface area contributed by atoms with Crippen LogP contribution in [0.1, 0.15) is 56.0 Å². The summed E-state index contributed by atoms with van der Waals surface area (Å²) in [5.74, 6) is 0.687. The van der Waals surface area contributed by atoms with E-state index in [9.17, 15) is 4.79 Å². The molecular formula is C25H30N4O. The second-order valence-corrected chi connectivity index (χ2v) is 9.23. The minimum absolute atomic E-state index is 0.143. The van der Waals surface area contributed by atoms with E-state index in [1.54, 1.807) is 0 Å². The molecule has 1 aliphatic heterocycles. The van der Waals surface area contributed by atoms with Crippen molar-refractivity contribution in [3.63, 3.8) is 0 Å². The maximum Gasteiger partial charge on any atom is 0.237 e. The highest BCUT2D eigenvalue weighted by Crippen LogP contribution is 2.36. The van der Waals surface area contributed by atoms with Gasteiger partial charge in [-0.15, -0.1) is 0 Å². The third kappa shape index (κ3) is 3.86. The van der Waals surface area contributed by atoms with Crippen LogP contribution in [0.3, 0.4) is 0 Å². The van der Waals surface area contributed by atoms with Crippen molar-refractivity contribution in [2.75, 3.05) is 0 Å². The van der Waals surface area contributed by atoms with Crippen LogP contribution < -0.4 is 10.6 Å². The highest BCUT2D eigenvalue weighted by Gasteiger charge is 2.33. The lowest BCUT2D eigenvalue weighted by Gasteiger charge is -2.25. The summed E-state index contributed by atoms with van der Waals surface area (Å²) < 4.78 is 2.30. The molecule has 2 unspecified atom stereocenters. The van der Waals surface area contributed by atoms with Crippen molar-refractivity contribution in [2.24, 2.45) is 5.92 Å². The van der Waals surface area contributed by atoms with Crippen LogP contribution in [0.15, 0.2) is 48.8 Å². The largest absolute Gasteiger partial charge is 0.352 e. The van der Waals surface area contributed by atoms with Gasteiger partial charge in [-0.1, -0.05) is 32.0 Å². The van der Waals surface area contributed by atoms with Crippen LogP contribution in [-0.4, -0.2) is 27.5 Å². The monoisotopic (exact) mass is 402 g/mol. The molecular weight excluding hydrogens is 372 g/mol. The van der Waals surface area contributed by atoms with Gasteiger partial charge in [-0.25, -0.2) is 0 Å². The molecule has 0 radical (unpaired) electrons. The van der Waals surface area contributed by atoms with Crippen LogP contribution in [-0.2, 0) is 17.8 Å². The molecule has 2 N–H and O–H groups in total. The Morgan fingerprint density at radius 3 is 2.83 bits per heavy atom. The summed E-state index contributed by atoms with van der Waals surface area (Å²) in [5.41, 5.74) is 4.85. The van der Waals surface area contributed by atoms with Crippen LogP contribution in [0.5, 0.6) is 0 Å². The van der Waals surface area contributed by atoms with E-state index in [1.807, 2.05) is 18.3 Å². The first kappa shape index (κ1) is 19.3. The van der Waals surface area contributed by atoms with Crippen molar-refractivity contribution in [1.29, 1.82) is 0 Å². The van der Waals surface area contributed by atoms with E-state index in [0.717, 1.165) is 37.9 Å². The molecule has 1 saturated carbocycles. The summed E-state index contributed by atoms with van der Waals surface area (Å²) in [4.78, 5) is 17.5. The molecule has 5 heteroatoms. The molecule has 0 saturated heterocycles. The number of rotatable bonds is 6. The van der Waals surface area contributed by atoms with E-state index >= 15 is 0 Å². The molecule has 2 aliphatic rings. The molecule has 3 heterocycles. The van der Waals surface area contributed by atoms with Gasteiger partial charge < -0.3 is 9.88 Å². The molecule has 1 aromatic carbocycles. The van der Waals surface area contributed by atoms with Gasteiger partial charge in [-0.2, -0.15) is 0 Å². The SMILES string of the molecule is CC(C)CC1NC(C(=O)NC2CC2)Cc2cn(Cc3ccccn3)c3cccc1c23. The summed E-state index contributed by atoms with van der Waals surface area (Å²) in [7, 11) is 0. The highest BCUT2D eigenvalue weighted by atomic mass is 16.2. The first-order valence-corrected chi connectivity index (χ1v) is 11.2. The summed E-state index contributed by atoms with van der Waals surface area (Å²) in [6.07, 6.45) is 8.03. The number of carbonyl (C=O) groups is 1. The molecule has 30 heavy (non-hydrogen) atoms. The number of amides is 1. The van der Waals surface area contributed by atoms with E-state index in [2.05, 4.69) is 64.5 Å².